The van der Waals surface area contributed by atoms with E-state index in [1.54, 1.807) is 28.9 Å². The van der Waals surface area contributed by atoms with E-state index in [0.29, 0.717) is 16.7 Å². The van der Waals surface area contributed by atoms with Crippen molar-refractivity contribution >= 4 is 22.6 Å². The molecule has 2 aromatic heterocycles. The molecule has 0 aliphatic heterocycles. The van der Waals surface area contributed by atoms with E-state index in [0.717, 1.165) is 16.1 Å². The van der Waals surface area contributed by atoms with Crippen LogP contribution in [0.2, 0.25) is 0 Å². The number of anilines is 1. The molecular formula is C22H22N6O2. The second kappa shape index (κ2) is 7.55. The van der Waals surface area contributed by atoms with Crippen LogP contribution in [0.5, 0.6) is 0 Å². The molecule has 0 fully saturated rings. The van der Waals surface area contributed by atoms with Crippen molar-refractivity contribution in [3.8, 4) is 5.69 Å². The van der Waals surface area contributed by atoms with Crippen LogP contribution in [0.25, 0.3) is 16.6 Å². The van der Waals surface area contributed by atoms with E-state index in [2.05, 4.69) is 41.5 Å². The highest BCUT2D eigenvalue weighted by atomic mass is 16.2. The monoisotopic (exact) mass is 402 g/mol. The third-order valence-corrected chi connectivity index (χ3v) is 4.67. The van der Waals surface area contributed by atoms with Crippen LogP contribution in [-0.2, 0) is 16.8 Å². The van der Waals surface area contributed by atoms with E-state index in [9.17, 15) is 9.59 Å². The summed E-state index contributed by atoms with van der Waals surface area (Å²) in [6.45, 7) is 5.92. The number of hydrogen-bond donors (Lipinski definition) is 1. The predicted molar refractivity (Wildman–Crippen MR) is 115 cm³/mol. The second-order valence-electron chi connectivity index (χ2n) is 8.03. The second-order valence-corrected chi connectivity index (χ2v) is 8.03. The number of para-hydroxylation sites is 1. The SMILES string of the molecule is CC(C)(C)c1cc(NC(=O)Cn2nnc3ccccc3c2=O)n(-c2ccccc2)n1. The fraction of sp³-hybridized carbons (Fsp3) is 0.227. The zero-order valence-electron chi connectivity index (χ0n) is 17.0. The number of nitrogens with zero attached hydrogens (tertiary/aromatic N) is 5. The lowest BCUT2D eigenvalue weighted by molar-refractivity contribution is -0.117. The molecule has 1 amide bonds. The van der Waals surface area contributed by atoms with Gasteiger partial charge in [-0.3, -0.25) is 9.59 Å². The van der Waals surface area contributed by atoms with E-state index in [1.807, 2.05) is 36.4 Å². The fourth-order valence-electron chi connectivity index (χ4n) is 3.05. The lowest BCUT2D eigenvalue weighted by Crippen LogP contribution is -2.30. The first-order chi connectivity index (χ1) is 14.3. The molecule has 1 N–H and O–H groups in total. The normalized spacial score (nSPS) is 11.6. The van der Waals surface area contributed by atoms with Gasteiger partial charge in [-0.2, -0.15) is 5.10 Å². The zero-order valence-corrected chi connectivity index (χ0v) is 17.0. The van der Waals surface area contributed by atoms with Crippen molar-refractivity contribution in [1.29, 1.82) is 0 Å². The number of hydrogen-bond acceptors (Lipinski definition) is 5. The molecule has 2 aromatic carbocycles. The minimum absolute atomic E-state index is 0.194. The molecule has 0 aliphatic rings. The molecule has 2 heterocycles. The highest BCUT2D eigenvalue weighted by molar-refractivity contribution is 5.90. The number of aromatic nitrogens is 5. The van der Waals surface area contributed by atoms with Gasteiger partial charge in [0.25, 0.3) is 5.56 Å². The number of amides is 1. The van der Waals surface area contributed by atoms with Gasteiger partial charge in [-0.1, -0.05) is 56.3 Å². The third-order valence-electron chi connectivity index (χ3n) is 4.67. The lowest BCUT2D eigenvalue weighted by Gasteiger charge is -2.14. The number of nitrogens with one attached hydrogen (secondary N) is 1. The van der Waals surface area contributed by atoms with E-state index >= 15 is 0 Å². The molecule has 0 unspecified atom stereocenters. The van der Waals surface area contributed by atoms with Crippen LogP contribution < -0.4 is 10.9 Å². The molecule has 0 bridgehead atoms. The van der Waals surface area contributed by atoms with Crippen LogP contribution in [0.3, 0.4) is 0 Å². The molecule has 152 valence electrons. The first-order valence-electron chi connectivity index (χ1n) is 9.61. The Labute approximate surface area is 173 Å². The Balaban J connectivity index is 1.64. The Bertz CT molecular complexity index is 1270. The van der Waals surface area contributed by atoms with Crippen LogP contribution in [0, 0.1) is 0 Å². The number of benzene rings is 2. The maximum absolute atomic E-state index is 12.7. The van der Waals surface area contributed by atoms with Crippen LogP contribution in [0.1, 0.15) is 26.5 Å². The quantitative estimate of drug-likeness (QED) is 0.566. The average Bonchev–Trinajstić information content (AvgIpc) is 3.15. The van der Waals surface area contributed by atoms with Crippen molar-refractivity contribution in [1.82, 2.24) is 24.8 Å². The molecule has 4 rings (SSSR count). The lowest BCUT2D eigenvalue weighted by atomic mass is 9.92. The maximum Gasteiger partial charge on any atom is 0.278 e. The summed E-state index contributed by atoms with van der Waals surface area (Å²) in [6.07, 6.45) is 0. The smallest absolute Gasteiger partial charge is 0.278 e. The largest absolute Gasteiger partial charge is 0.309 e. The molecule has 0 spiro atoms. The van der Waals surface area contributed by atoms with Crippen molar-refractivity contribution in [3.05, 3.63) is 76.7 Å². The molecular weight excluding hydrogens is 380 g/mol. The van der Waals surface area contributed by atoms with E-state index < -0.39 is 0 Å². The molecule has 0 saturated heterocycles. The van der Waals surface area contributed by atoms with Gasteiger partial charge in [-0.15, -0.1) is 5.10 Å². The molecule has 0 atom stereocenters. The topological polar surface area (TPSA) is 94.7 Å². The zero-order chi connectivity index (χ0) is 21.3. The van der Waals surface area contributed by atoms with Crippen molar-refractivity contribution < 1.29 is 4.79 Å². The van der Waals surface area contributed by atoms with Crippen molar-refractivity contribution in [2.45, 2.75) is 32.7 Å². The number of carbonyl (C=O) groups is 1. The molecule has 4 aromatic rings. The summed E-state index contributed by atoms with van der Waals surface area (Å²) in [7, 11) is 0. The molecule has 0 radical (unpaired) electrons. The Morgan fingerprint density at radius 2 is 1.73 bits per heavy atom. The van der Waals surface area contributed by atoms with Gasteiger partial charge < -0.3 is 5.32 Å². The standard InChI is InChI=1S/C22H22N6O2/c1-22(2,3)18-13-19(28(25-18)15-9-5-4-6-10-15)23-20(29)14-27-21(30)16-11-7-8-12-17(16)24-26-27/h4-13H,14H2,1-3H3,(H,23,29). The van der Waals surface area contributed by atoms with E-state index in [4.69, 9.17) is 0 Å². The Kier molecular flexibility index (Phi) is 4.91. The van der Waals surface area contributed by atoms with Gasteiger partial charge in [0, 0.05) is 11.5 Å². The van der Waals surface area contributed by atoms with Crippen LogP contribution in [0.4, 0.5) is 5.82 Å². The van der Waals surface area contributed by atoms with Crippen molar-refractivity contribution in [2.75, 3.05) is 5.32 Å². The van der Waals surface area contributed by atoms with Gasteiger partial charge in [0.05, 0.1) is 16.8 Å². The van der Waals surface area contributed by atoms with Gasteiger partial charge in [0.1, 0.15) is 17.9 Å². The Hall–Kier alpha value is -3.81. The predicted octanol–water partition coefficient (Wildman–Crippen LogP) is 2.91. The van der Waals surface area contributed by atoms with Gasteiger partial charge in [0.15, 0.2) is 0 Å². The fourth-order valence-corrected chi connectivity index (χ4v) is 3.05. The Morgan fingerprint density at radius 3 is 2.47 bits per heavy atom. The van der Waals surface area contributed by atoms with Gasteiger partial charge in [0.2, 0.25) is 5.91 Å². The summed E-state index contributed by atoms with van der Waals surface area (Å²) in [4.78, 5) is 25.3. The maximum atomic E-state index is 12.7. The van der Waals surface area contributed by atoms with E-state index in [-0.39, 0.29) is 23.4 Å². The van der Waals surface area contributed by atoms with Crippen molar-refractivity contribution in [2.24, 2.45) is 0 Å². The first-order valence-corrected chi connectivity index (χ1v) is 9.61. The van der Waals surface area contributed by atoms with Crippen LogP contribution in [0.15, 0.2) is 65.5 Å². The molecule has 30 heavy (non-hydrogen) atoms. The number of fused-ring (bicyclic) bond motifs is 1. The summed E-state index contributed by atoms with van der Waals surface area (Å²) >= 11 is 0. The van der Waals surface area contributed by atoms with Gasteiger partial charge in [-0.05, 0) is 24.3 Å². The first kappa shape index (κ1) is 19.5. The number of carbonyl (C=O) groups excluding carboxylic acids is 1. The highest BCUT2D eigenvalue weighted by Gasteiger charge is 2.22. The molecule has 0 aliphatic carbocycles. The molecule has 0 saturated carbocycles. The van der Waals surface area contributed by atoms with E-state index in [1.165, 1.54) is 0 Å². The third kappa shape index (κ3) is 3.84. The molecule has 8 heteroatoms. The molecule has 8 nitrogen and oxygen atoms in total. The van der Waals surface area contributed by atoms with Crippen LogP contribution >= 0.6 is 0 Å². The Morgan fingerprint density at radius 1 is 1.03 bits per heavy atom. The van der Waals surface area contributed by atoms with Crippen LogP contribution in [-0.4, -0.2) is 30.7 Å². The van der Waals surface area contributed by atoms with Gasteiger partial charge in [-0.25, -0.2) is 9.36 Å². The summed E-state index contributed by atoms with van der Waals surface area (Å²) in [5.74, 6) is 0.136. The summed E-state index contributed by atoms with van der Waals surface area (Å²) in [5.41, 5.74) is 1.61. The minimum atomic E-state index is -0.390. The van der Waals surface area contributed by atoms with Crippen molar-refractivity contribution in [3.63, 3.8) is 0 Å². The number of rotatable bonds is 4. The summed E-state index contributed by atoms with van der Waals surface area (Å²) in [6, 6.07) is 18.3. The van der Waals surface area contributed by atoms with Gasteiger partial charge >= 0.3 is 0 Å². The highest BCUT2D eigenvalue weighted by Crippen LogP contribution is 2.26. The summed E-state index contributed by atoms with van der Waals surface area (Å²) < 4.78 is 2.75. The minimum Gasteiger partial charge on any atom is -0.309 e. The summed E-state index contributed by atoms with van der Waals surface area (Å²) in [5, 5.41) is 15.9. The average molecular weight is 402 g/mol.